The predicted molar refractivity (Wildman–Crippen MR) is 78.9 cm³/mol. The summed E-state index contributed by atoms with van der Waals surface area (Å²) in [6, 6.07) is 4.21. The molecule has 0 bridgehead atoms. The first-order valence-electron chi connectivity index (χ1n) is 6.29. The lowest BCUT2D eigenvalue weighted by Gasteiger charge is -2.25. The van der Waals surface area contributed by atoms with Gasteiger partial charge in [-0.05, 0) is 42.7 Å². The number of nitrogens with two attached hydrogens (primary N) is 1. The van der Waals surface area contributed by atoms with E-state index in [2.05, 4.69) is 11.4 Å². The Morgan fingerprint density at radius 2 is 2.44 bits per heavy atom. The van der Waals surface area contributed by atoms with E-state index in [1.165, 1.54) is 4.88 Å². The molecule has 0 unspecified atom stereocenters. The molecule has 1 saturated carbocycles. The minimum absolute atomic E-state index is 0.125. The summed E-state index contributed by atoms with van der Waals surface area (Å²) in [6.07, 6.45) is 5.08. The van der Waals surface area contributed by atoms with Gasteiger partial charge in [0.2, 0.25) is 5.91 Å². The van der Waals surface area contributed by atoms with Crippen molar-refractivity contribution in [1.29, 1.82) is 0 Å². The van der Waals surface area contributed by atoms with E-state index in [4.69, 9.17) is 5.73 Å². The maximum atomic E-state index is 12.4. The van der Waals surface area contributed by atoms with Crippen LogP contribution < -0.4 is 5.73 Å². The summed E-state index contributed by atoms with van der Waals surface area (Å²) in [7, 11) is 0. The van der Waals surface area contributed by atoms with Crippen LogP contribution in [0.4, 0.5) is 0 Å². The second-order valence-electron chi connectivity index (χ2n) is 4.66. The first-order valence-corrected chi connectivity index (χ1v) is 8.57. The Labute approximate surface area is 117 Å². The molecule has 0 saturated heterocycles. The lowest BCUT2D eigenvalue weighted by molar-refractivity contribution is -0.133. The normalized spacial score (nSPS) is 16.6. The summed E-state index contributed by atoms with van der Waals surface area (Å²) in [6.45, 7) is 0.730. The highest BCUT2D eigenvalue weighted by Crippen LogP contribution is 2.29. The van der Waals surface area contributed by atoms with Gasteiger partial charge in [0.05, 0.1) is 12.6 Å². The quantitative estimate of drug-likeness (QED) is 0.836. The lowest BCUT2D eigenvalue weighted by Crippen LogP contribution is -2.44. The van der Waals surface area contributed by atoms with Gasteiger partial charge < -0.3 is 10.6 Å². The number of carbonyl (C=O) groups is 1. The van der Waals surface area contributed by atoms with E-state index >= 15 is 0 Å². The molecule has 18 heavy (non-hydrogen) atoms. The molecular weight excluding hydrogens is 264 g/mol. The standard InChI is InChI=1S/C13H20N2OS2/c1-17-8-6-12(14)13(16)15(10-4-5-10)9-11-3-2-7-18-11/h2-3,7,10,12H,4-6,8-9,14H2,1H3/t12-/m1/s1. The third-order valence-electron chi connectivity index (χ3n) is 3.13. The Kier molecular flexibility index (Phi) is 5.09. The van der Waals surface area contributed by atoms with Crippen LogP contribution in [0.15, 0.2) is 17.5 Å². The zero-order valence-corrected chi connectivity index (χ0v) is 12.3. The van der Waals surface area contributed by atoms with Crippen LogP contribution in [0.3, 0.4) is 0 Å². The van der Waals surface area contributed by atoms with Crippen LogP contribution >= 0.6 is 23.1 Å². The van der Waals surface area contributed by atoms with Crippen molar-refractivity contribution in [2.24, 2.45) is 5.73 Å². The Balaban J connectivity index is 1.94. The number of rotatable bonds is 7. The first kappa shape index (κ1) is 13.9. The van der Waals surface area contributed by atoms with Crippen molar-refractivity contribution in [3.63, 3.8) is 0 Å². The van der Waals surface area contributed by atoms with Crippen molar-refractivity contribution in [2.75, 3.05) is 12.0 Å². The maximum absolute atomic E-state index is 12.4. The summed E-state index contributed by atoms with van der Waals surface area (Å²) >= 11 is 3.44. The van der Waals surface area contributed by atoms with E-state index in [0.717, 1.165) is 31.6 Å². The minimum atomic E-state index is -0.335. The van der Waals surface area contributed by atoms with Gasteiger partial charge in [-0.3, -0.25) is 4.79 Å². The van der Waals surface area contributed by atoms with Crippen LogP contribution in [0.25, 0.3) is 0 Å². The Hall–Kier alpha value is -0.520. The van der Waals surface area contributed by atoms with Crippen molar-refractivity contribution >= 4 is 29.0 Å². The van der Waals surface area contributed by atoms with Crippen LogP contribution in [0.1, 0.15) is 24.1 Å². The molecule has 0 spiro atoms. The third kappa shape index (κ3) is 3.73. The Morgan fingerprint density at radius 1 is 1.67 bits per heavy atom. The fourth-order valence-electron chi connectivity index (χ4n) is 1.92. The van der Waals surface area contributed by atoms with E-state index in [1.807, 2.05) is 17.2 Å². The van der Waals surface area contributed by atoms with Gasteiger partial charge in [0.1, 0.15) is 0 Å². The number of carbonyl (C=O) groups excluding carboxylic acids is 1. The zero-order valence-electron chi connectivity index (χ0n) is 10.7. The van der Waals surface area contributed by atoms with Gasteiger partial charge in [-0.15, -0.1) is 11.3 Å². The second-order valence-corrected chi connectivity index (χ2v) is 6.68. The molecule has 0 radical (unpaired) electrons. The molecule has 1 heterocycles. The monoisotopic (exact) mass is 284 g/mol. The molecule has 3 nitrogen and oxygen atoms in total. The van der Waals surface area contributed by atoms with Crippen LogP contribution in [0, 0.1) is 0 Å². The Bertz CT molecular complexity index is 376. The minimum Gasteiger partial charge on any atom is -0.333 e. The van der Waals surface area contributed by atoms with Crippen LogP contribution in [-0.2, 0) is 11.3 Å². The molecule has 2 rings (SSSR count). The number of hydrogen-bond donors (Lipinski definition) is 1. The maximum Gasteiger partial charge on any atom is 0.240 e. The van der Waals surface area contributed by atoms with E-state index in [0.29, 0.717) is 6.04 Å². The number of hydrogen-bond acceptors (Lipinski definition) is 4. The topological polar surface area (TPSA) is 46.3 Å². The average Bonchev–Trinajstić information content (AvgIpc) is 3.09. The number of thioether (sulfide) groups is 1. The van der Waals surface area contributed by atoms with Gasteiger partial charge in [-0.25, -0.2) is 0 Å². The van der Waals surface area contributed by atoms with Crippen molar-refractivity contribution in [3.8, 4) is 0 Å². The first-order chi connectivity index (χ1) is 8.72. The van der Waals surface area contributed by atoms with E-state index in [1.54, 1.807) is 23.1 Å². The van der Waals surface area contributed by atoms with Crippen LogP contribution in [0.2, 0.25) is 0 Å². The molecular formula is C13H20N2OS2. The SMILES string of the molecule is CSCC[C@@H](N)C(=O)N(Cc1cccs1)C1CC1. The van der Waals surface area contributed by atoms with Crippen molar-refractivity contribution < 1.29 is 4.79 Å². The predicted octanol–water partition coefficient (Wildman–Crippen LogP) is 2.32. The number of nitrogens with zero attached hydrogens (tertiary/aromatic N) is 1. The molecule has 5 heteroatoms. The van der Waals surface area contributed by atoms with E-state index in [9.17, 15) is 4.79 Å². The number of thiophene rings is 1. The van der Waals surface area contributed by atoms with Gasteiger partial charge in [0.25, 0.3) is 0 Å². The Morgan fingerprint density at radius 3 is 3.00 bits per heavy atom. The van der Waals surface area contributed by atoms with Gasteiger partial charge in [-0.2, -0.15) is 11.8 Å². The average molecular weight is 284 g/mol. The molecule has 2 N–H and O–H groups in total. The fourth-order valence-corrected chi connectivity index (χ4v) is 3.12. The van der Waals surface area contributed by atoms with Crippen LogP contribution in [-0.4, -0.2) is 34.9 Å². The summed E-state index contributed by atoms with van der Waals surface area (Å²) in [4.78, 5) is 15.6. The highest BCUT2D eigenvalue weighted by molar-refractivity contribution is 7.98. The highest BCUT2D eigenvalue weighted by atomic mass is 32.2. The molecule has 1 atom stereocenters. The van der Waals surface area contributed by atoms with Gasteiger partial charge >= 0.3 is 0 Å². The van der Waals surface area contributed by atoms with E-state index in [-0.39, 0.29) is 11.9 Å². The molecule has 1 aliphatic carbocycles. The zero-order chi connectivity index (χ0) is 13.0. The molecule has 0 aliphatic heterocycles. The van der Waals surface area contributed by atoms with Crippen molar-refractivity contribution in [1.82, 2.24) is 4.90 Å². The highest BCUT2D eigenvalue weighted by Gasteiger charge is 2.34. The third-order valence-corrected chi connectivity index (χ3v) is 4.63. The second kappa shape index (κ2) is 6.59. The molecule has 1 aromatic rings. The van der Waals surface area contributed by atoms with Crippen LogP contribution in [0.5, 0.6) is 0 Å². The smallest absolute Gasteiger partial charge is 0.240 e. The lowest BCUT2D eigenvalue weighted by atomic mass is 10.2. The van der Waals surface area contributed by atoms with E-state index < -0.39 is 0 Å². The molecule has 100 valence electrons. The summed E-state index contributed by atoms with van der Waals surface area (Å²) in [5.74, 6) is 1.07. The number of amides is 1. The summed E-state index contributed by atoms with van der Waals surface area (Å²) < 4.78 is 0. The molecule has 1 fully saturated rings. The van der Waals surface area contributed by atoms with Crippen molar-refractivity contribution in [2.45, 2.75) is 37.9 Å². The molecule has 1 amide bonds. The van der Waals surface area contributed by atoms with Gasteiger partial charge in [0, 0.05) is 10.9 Å². The molecule has 1 aromatic heterocycles. The largest absolute Gasteiger partial charge is 0.333 e. The van der Waals surface area contributed by atoms with Gasteiger partial charge in [0.15, 0.2) is 0 Å². The fraction of sp³-hybridized carbons (Fsp3) is 0.615. The summed E-state index contributed by atoms with van der Waals surface area (Å²) in [5.41, 5.74) is 6.00. The van der Waals surface area contributed by atoms with Gasteiger partial charge in [-0.1, -0.05) is 6.07 Å². The molecule has 1 aliphatic rings. The summed E-state index contributed by atoms with van der Waals surface area (Å²) in [5, 5.41) is 2.05. The van der Waals surface area contributed by atoms with Crippen molar-refractivity contribution in [3.05, 3.63) is 22.4 Å². The molecule has 0 aromatic carbocycles.